The Hall–Kier alpha value is -9.94. The third-order valence-electron chi connectivity index (χ3n) is 13.9. The summed E-state index contributed by atoms with van der Waals surface area (Å²) in [7, 11) is 0. The third-order valence-corrected chi connectivity index (χ3v) is 13.9. The molecule has 42 nitrogen and oxygen atoms in total. The van der Waals surface area contributed by atoms with Crippen molar-refractivity contribution in [3.05, 3.63) is 0 Å². The summed E-state index contributed by atoms with van der Waals surface area (Å²) in [4.78, 5) is 222. The molecule has 0 aromatic rings. The molecular weight excluding hydrogens is 1240 g/mol. The van der Waals surface area contributed by atoms with E-state index in [1.54, 1.807) is 0 Å². The Labute approximate surface area is 529 Å². The molecule has 2 heterocycles. The summed E-state index contributed by atoms with van der Waals surface area (Å²) < 4.78 is 0. The van der Waals surface area contributed by atoms with Crippen molar-refractivity contribution in [2.24, 2.45) is 28.7 Å². The molecule has 0 aromatic carbocycles. The number of likely N-dealkylation sites (tertiary alicyclic amines) is 2. The van der Waals surface area contributed by atoms with Crippen LogP contribution >= 0.6 is 0 Å². The van der Waals surface area contributed by atoms with Crippen molar-refractivity contribution < 1.29 is 107 Å². The van der Waals surface area contributed by atoms with Crippen LogP contribution in [0.25, 0.3) is 0 Å². The number of amides is 16. The normalized spacial score (nSPS) is 17.4. The molecule has 93 heavy (non-hydrogen) atoms. The number of guanidine groups is 1. The molecule has 2 fully saturated rings. The molecule has 0 aliphatic carbocycles. The standard InChI is InChI=1S/C51H84N20O22/c1-22(74)39(68-35(79)16-52)46(88)60-19-37(81)63-28(20-72)43(85)69-40(23(2)75)47(89)61-18-36(80)62-26(14-33(54)77)42(84)65-24(9-10-32(53)76)41(83)67-27(15-34(55)78)48(90)70-12-4-7-30(70)44(86)59-17-38(82)64-29(21-73)49(91)71-13-5-8-31(71)45(87)66-25(50(92)93)6-3-11-58-51(56)57/h22-31,39-40,72-75H,3-21,52H2,1-2H3,(H2,53,76)(H2,54,77)(H2,55,78)(H,59,86)(H,60,88)(H,61,89)(H,62,80)(H,63,81)(H,64,82)(H,65,84)(H,66,87)(H,67,83)(H,68,79)(H,69,85)(H,92,93)(H4,56,57,58)/t22-,23-,24+,25+,26+,27+,28+,29+,30+,31+,39+,40+/m1/s1. The van der Waals surface area contributed by atoms with Gasteiger partial charge in [-0.3, -0.25) is 82.1 Å². The van der Waals surface area contributed by atoms with Crippen molar-refractivity contribution in [3.63, 3.8) is 0 Å². The van der Waals surface area contributed by atoms with Gasteiger partial charge in [-0.25, -0.2) is 4.79 Å². The summed E-state index contributed by atoms with van der Waals surface area (Å²) in [6, 6.07) is -16.6. The Balaban J connectivity index is 2.15. The van der Waals surface area contributed by atoms with Crippen LogP contribution < -0.4 is 92.5 Å². The van der Waals surface area contributed by atoms with E-state index in [1.165, 1.54) is 0 Å². The van der Waals surface area contributed by atoms with E-state index in [9.17, 15) is 107 Å². The Morgan fingerprint density at radius 2 is 0.925 bits per heavy atom. The summed E-state index contributed by atoms with van der Waals surface area (Å²) in [5.41, 5.74) is 26.5. The molecule has 16 amide bonds. The number of hydrogen-bond acceptors (Lipinski definition) is 23. The number of carbonyl (C=O) groups excluding carboxylic acids is 16. The fourth-order valence-corrected chi connectivity index (χ4v) is 9.22. The minimum atomic E-state index is -1.97. The number of aliphatic hydroxyl groups is 4. The summed E-state index contributed by atoms with van der Waals surface area (Å²) in [5.74, 6) is -19.3. The second-order valence-corrected chi connectivity index (χ2v) is 21.3. The van der Waals surface area contributed by atoms with Gasteiger partial charge in [0, 0.05) is 26.1 Å². The molecule has 2 saturated heterocycles. The summed E-state index contributed by atoms with van der Waals surface area (Å²) in [5, 5.41) is 83.3. The summed E-state index contributed by atoms with van der Waals surface area (Å²) in [6.07, 6.45) is -5.72. The van der Waals surface area contributed by atoms with Crippen LogP contribution in [0.15, 0.2) is 0 Å². The van der Waals surface area contributed by atoms with Crippen molar-refractivity contribution in [3.8, 4) is 0 Å². The molecule has 0 unspecified atom stereocenters. The number of primary amides is 3. The van der Waals surface area contributed by atoms with Crippen molar-refractivity contribution in [1.82, 2.24) is 73.6 Å². The highest BCUT2D eigenvalue weighted by Gasteiger charge is 2.42. The first kappa shape index (κ1) is 79.2. The molecule has 2 rings (SSSR count). The highest BCUT2D eigenvalue weighted by molar-refractivity contribution is 6.01. The smallest absolute Gasteiger partial charge is 0.326 e. The highest BCUT2D eigenvalue weighted by Crippen LogP contribution is 2.21. The number of nitrogens with two attached hydrogens (primary N) is 5. The van der Waals surface area contributed by atoms with Gasteiger partial charge in [0.15, 0.2) is 5.96 Å². The number of rotatable bonds is 40. The molecule has 28 N–H and O–H groups in total. The number of nitrogens with one attached hydrogen (secondary N) is 13. The van der Waals surface area contributed by atoms with E-state index in [2.05, 4.69) is 47.9 Å². The zero-order valence-corrected chi connectivity index (χ0v) is 50.8. The first-order valence-electron chi connectivity index (χ1n) is 28.9. The molecule has 2 aliphatic rings. The first-order valence-corrected chi connectivity index (χ1v) is 28.9. The van der Waals surface area contributed by atoms with Gasteiger partial charge < -0.3 is 128 Å². The molecule has 2 aliphatic heterocycles. The maximum Gasteiger partial charge on any atom is 0.326 e. The molecule has 12 atom stereocenters. The van der Waals surface area contributed by atoms with Crippen molar-refractivity contribution in [1.29, 1.82) is 5.41 Å². The van der Waals surface area contributed by atoms with Gasteiger partial charge >= 0.3 is 5.97 Å². The van der Waals surface area contributed by atoms with Gasteiger partial charge in [-0.1, -0.05) is 0 Å². The molecule has 42 heteroatoms. The Kier molecular flexibility index (Phi) is 33.5. The Morgan fingerprint density at radius 3 is 1.40 bits per heavy atom. The number of carboxylic acid groups (broad SMARTS) is 1. The van der Waals surface area contributed by atoms with Gasteiger partial charge in [-0.15, -0.1) is 0 Å². The van der Waals surface area contributed by atoms with Gasteiger partial charge in [0.25, 0.3) is 0 Å². The van der Waals surface area contributed by atoms with E-state index in [0.717, 1.165) is 23.6 Å². The number of aliphatic carboxylic acids is 1. The Morgan fingerprint density at radius 1 is 0.484 bits per heavy atom. The fourth-order valence-electron chi connectivity index (χ4n) is 9.22. The van der Waals surface area contributed by atoms with Crippen LogP contribution in [-0.2, 0) is 81.5 Å². The predicted octanol–water partition coefficient (Wildman–Crippen LogP) is -14.7. The van der Waals surface area contributed by atoms with Gasteiger partial charge in [0.1, 0.15) is 60.4 Å². The average molecular weight is 1330 g/mol. The zero-order valence-electron chi connectivity index (χ0n) is 50.8. The number of hydrogen-bond donors (Lipinski definition) is 23. The lowest BCUT2D eigenvalue weighted by Crippen LogP contribution is -2.60. The predicted molar refractivity (Wildman–Crippen MR) is 313 cm³/mol. The molecule has 0 aromatic heterocycles. The molecular formula is C51H84N20O22. The van der Waals surface area contributed by atoms with E-state index in [-0.39, 0.29) is 57.7 Å². The SMILES string of the molecule is C[C@@H](O)[C@H](NC(=O)CN)C(=O)NCC(=O)N[C@@H](CO)C(=O)N[C@H](C(=O)NCC(=O)N[C@@H](CC(N)=O)C(=O)N[C@@H](CCC(N)=O)C(=O)N[C@@H](CC(N)=O)C(=O)N1CCC[C@H]1C(=O)NCC(=O)N[C@@H](CO)C(=O)N1CCC[C@H]1C(=O)N[C@@H](CCCNC(=N)N)C(=O)O)[C@@H](C)O. The van der Waals surface area contributed by atoms with Gasteiger partial charge in [-0.2, -0.15) is 0 Å². The van der Waals surface area contributed by atoms with E-state index >= 15 is 0 Å². The lowest BCUT2D eigenvalue weighted by atomic mass is 10.1. The fraction of sp³-hybridized carbons (Fsp3) is 0.647. The van der Waals surface area contributed by atoms with E-state index in [4.69, 9.17) is 34.1 Å². The molecule has 0 radical (unpaired) electrons. The van der Waals surface area contributed by atoms with Crippen molar-refractivity contribution in [2.45, 2.75) is 151 Å². The second-order valence-electron chi connectivity index (χ2n) is 21.3. The monoisotopic (exact) mass is 1330 g/mol. The number of carbonyl (C=O) groups is 17. The number of aliphatic hydroxyl groups excluding tert-OH is 4. The van der Waals surface area contributed by atoms with Crippen molar-refractivity contribution in [2.75, 3.05) is 59.0 Å². The topological polar surface area (TPSA) is 696 Å². The molecule has 520 valence electrons. The van der Waals surface area contributed by atoms with Crippen LogP contribution in [0, 0.1) is 5.41 Å². The highest BCUT2D eigenvalue weighted by atomic mass is 16.4. The second kappa shape index (κ2) is 39.3. The third kappa shape index (κ3) is 27.2. The van der Waals surface area contributed by atoms with Gasteiger partial charge in [-0.05, 0) is 58.8 Å². The maximum atomic E-state index is 14.1. The van der Waals surface area contributed by atoms with Crippen LogP contribution in [0.5, 0.6) is 0 Å². The minimum absolute atomic E-state index is 0.00967. The number of carboxylic acids is 1. The maximum absolute atomic E-state index is 14.1. The number of nitrogens with zero attached hydrogens (tertiary/aromatic N) is 2. The van der Waals surface area contributed by atoms with Crippen molar-refractivity contribution >= 4 is 106 Å². The lowest BCUT2D eigenvalue weighted by Gasteiger charge is -2.30. The summed E-state index contributed by atoms with van der Waals surface area (Å²) >= 11 is 0. The largest absolute Gasteiger partial charge is 0.480 e. The van der Waals surface area contributed by atoms with Gasteiger partial charge in [0.2, 0.25) is 94.5 Å². The summed E-state index contributed by atoms with van der Waals surface area (Å²) in [6.45, 7) is -3.27. The van der Waals surface area contributed by atoms with E-state index in [1.807, 2.05) is 16.0 Å². The van der Waals surface area contributed by atoms with Crippen LogP contribution in [0.3, 0.4) is 0 Å². The minimum Gasteiger partial charge on any atom is -0.480 e. The van der Waals surface area contributed by atoms with Crippen LogP contribution in [0.4, 0.5) is 0 Å². The van der Waals surface area contributed by atoms with Crippen LogP contribution in [0.1, 0.15) is 78.1 Å². The average Bonchev–Trinajstić information content (AvgIpc) is 1.76. The van der Waals surface area contributed by atoms with E-state index in [0.29, 0.717) is 6.42 Å². The molecule has 0 saturated carbocycles. The van der Waals surface area contributed by atoms with E-state index < -0.39 is 238 Å². The lowest BCUT2D eigenvalue weighted by molar-refractivity contribution is -0.145. The van der Waals surface area contributed by atoms with Crippen LogP contribution in [-0.4, -0.2) is 273 Å². The first-order chi connectivity index (χ1) is 43.6. The molecule has 0 spiro atoms. The van der Waals surface area contributed by atoms with Gasteiger partial charge in [0.05, 0.1) is 64.4 Å². The quantitative estimate of drug-likeness (QED) is 0.0154. The molecule has 0 bridgehead atoms. The van der Waals surface area contributed by atoms with Crippen LogP contribution in [0.2, 0.25) is 0 Å². The Bertz CT molecular complexity index is 2770. The zero-order chi connectivity index (χ0) is 70.4.